The number of nitrogens with one attached hydrogen (secondary N) is 1. The number of rotatable bonds is 8. The highest BCUT2D eigenvalue weighted by Crippen LogP contribution is 2.39. The molecule has 2 N–H and O–H groups in total. The minimum absolute atomic E-state index is 0.217. The predicted octanol–water partition coefficient (Wildman–Crippen LogP) is 5.66. The monoisotopic (exact) mass is 511 g/mol. The molecule has 0 aliphatic carbocycles. The molecule has 5 rings (SSSR count). The average molecular weight is 512 g/mol. The zero-order valence-corrected chi connectivity index (χ0v) is 20.2. The molecular weight excluding hydrogens is 483 g/mol. The molecule has 1 unspecified atom stereocenters. The van der Waals surface area contributed by atoms with Crippen molar-refractivity contribution in [2.75, 3.05) is 29.9 Å². The van der Waals surface area contributed by atoms with Crippen LogP contribution in [0.5, 0.6) is 5.75 Å². The van der Waals surface area contributed by atoms with Gasteiger partial charge in [0.25, 0.3) is 0 Å². The molecule has 2 aromatic carbocycles. The van der Waals surface area contributed by atoms with Crippen LogP contribution < -0.4 is 15.0 Å². The van der Waals surface area contributed by atoms with Crippen molar-refractivity contribution in [3.8, 4) is 5.75 Å². The van der Waals surface area contributed by atoms with Gasteiger partial charge >= 0.3 is 12.1 Å². The van der Waals surface area contributed by atoms with Crippen molar-refractivity contribution >= 4 is 17.5 Å². The van der Waals surface area contributed by atoms with Crippen LogP contribution >= 0.6 is 0 Å². The number of hydrogen-bond acceptors (Lipinski definition) is 5. The van der Waals surface area contributed by atoms with Crippen LogP contribution in [0.4, 0.5) is 24.7 Å². The van der Waals surface area contributed by atoms with Crippen molar-refractivity contribution < 1.29 is 27.8 Å². The molecule has 2 aliphatic heterocycles. The second-order valence-corrected chi connectivity index (χ2v) is 9.41. The molecule has 0 bridgehead atoms. The van der Waals surface area contributed by atoms with Crippen molar-refractivity contribution in [3.05, 3.63) is 82.5 Å². The number of alkyl halides is 3. The molecule has 0 spiro atoms. The van der Waals surface area contributed by atoms with Gasteiger partial charge in [-0.3, -0.25) is 4.79 Å². The number of ether oxygens (including phenoxy) is 1. The number of nitrogens with zero attached hydrogens (tertiary/aromatic N) is 2. The number of carboxylic acids is 1. The summed E-state index contributed by atoms with van der Waals surface area (Å²) in [6.45, 7) is 1.99. The average Bonchev–Trinajstić information content (AvgIpc) is 3.30. The first kappa shape index (κ1) is 24.9. The van der Waals surface area contributed by atoms with Gasteiger partial charge in [0.1, 0.15) is 11.6 Å². The molecule has 9 heteroatoms. The second-order valence-electron chi connectivity index (χ2n) is 9.41. The van der Waals surface area contributed by atoms with Gasteiger partial charge in [0.05, 0.1) is 24.6 Å². The SMILES string of the molecule is O=C(O)CC(c1ccc(C(F)(F)F)cc1)N1CCc2cc(OCCc3ccc4c(n3)NCCC4)ccc21. The number of carbonyl (C=O) groups is 1. The molecule has 1 aromatic heterocycles. The maximum atomic E-state index is 13.0. The van der Waals surface area contributed by atoms with E-state index in [-0.39, 0.29) is 6.42 Å². The van der Waals surface area contributed by atoms with Crippen LogP contribution in [0.3, 0.4) is 0 Å². The number of pyridine rings is 1. The Balaban J connectivity index is 1.27. The summed E-state index contributed by atoms with van der Waals surface area (Å²) in [5, 5.41) is 12.8. The van der Waals surface area contributed by atoms with Gasteiger partial charge in [0, 0.05) is 30.9 Å². The van der Waals surface area contributed by atoms with Gasteiger partial charge in [0.2, 0.25) is 0 Å². The van der Waals surface area contributed by atoms with Crippen LogP contribution in [0.15, 0.2) is 54.6 Å². The predicted molar refractivity (Wildman–Crippen MR) is 134 cm³/mol. The fourth-order valence-electron chi connectivity index (χ4n) is 5.07. The highest BCUT2D eigenvalue weighted by Gasteiger charge is 2.32. The third-order valence-corrected chi connectivity index (χ3v) is 6.93. The van der Waals surface area contributed by atoms with Crippen molar-refractivity contribution in [1.82, 2.24) is 4.98 Å². The minimum atomic E-state index is -4.44. The van der Waals surface area contributed by atoms with E-state index in [2.05, 4.69) is 11.4 Å². The third kappa shape index (κ3) is 5.65. The summed E-state index contributed by atoms with van der Waals surface area (Å²) in [5.74, 6) is 0.677. The van der Waals surface area contributed by atoms with E-state index in [1.807, 2.05) is 29.2 Å². The molecule has 3 heterocycles. The number of halogens is 3. The number of aromatic nitrogens is 1. The van der Waals surface area contributed by atoms with Gasteiger partial charge in [-0.05, 0) is 72.4 Å². The van der Waals surface area contributed by atoms with Gasteiger partial charge in [0.15, 0.2) is 0 Å². The largest absolute Gasteiger partial charge is 0.493 e. The van der Waals surface area contributed by atoms with Gasteiger partial charge in [-0.15, -0.1) is 0 Å². The van der Waals surface area contributed by atoms with Crippen molar-refractivity contribution in [2.45, 2.75) is 44.3 Å². The molecule has 3 aromatic rings. The number of fused-ring (bicyclic) bond motifs is 2. The first-order valence-corrected chi connectivity index (χ1v) is 12.4. The van der Waals surface area contributed by atoms with Crippen LogP contribution in [0, 0.1) is 0 Å². The lowest BCUT2D eigenvalue weighted by Crippen LogP contribution is -2.28. The minimum Gasteiger partial charge on any atom is -0.493 e. The number of hydrogen-bond donors (Lipinski definition) is 2. The van der Waals surface area contributed by atoms with Crippen LogP contribution in [0.1, 0.15) is 46.8 Å². The molecule has 0 radical (unpaired) electrons. The van der Waals surface area contributed by atoms with Crippen molar-refractivity contribution in [1.29, 1.82) is 0 Å². The topological polar surface area (TPSA) is 74.7 Å². The first-order valence-electron chi connectivity index (χ1n) is 12.4. The number of aliphatic carboxylic acids is 1. The molecular formula is C28H28F3N3O3. The summed E-state index contributed by atoms with van der Waals surface area (Å²) in [6, 6.07) is 14.1. The number of anilines is 2. The quantitative estimate of drug-likeness (QED) is 0.407. The molecule has 0 saturated carbocycles. The molecule has 0 amide bonds. The fraction of sp³-hybridized carbons (Fsp3) is 0.357. The Morgan fingerprint density at radius 3 is 2.65 bits per heavy atom. The Hall–Kier alpha value is -3.75. The van der Waals surface area contributed by atoms with Gasteiger partial charge in [-0.2, -0.15) is 13.2 Å². The standard InChI is InChI=1S/C28H28F3N3O3/c29-28(30,31)21-6-3-18(4-7-21)25(17-26(35)36)34-14-11-20-16-23(9-10-24(20)34)37-15-12-22-8-5-19-2-1-13-32-27(19)33-22/h3-10,16,25H,1-2,11-15,17H2,(H,32,33)(H,35,36). The summed E-state index contributed by atoms with van der Waals surface area (Å²) in [4.78, 5) is 18.3. The van der Waals surface area contributed by atoms with Gasteiger partial charge < -0.3 is 20.1 Å². The molecule has 37 heavy (non-hydrogen) atoms. The highest BCUT2D eigenvalue weighted by atomic mass is 19.4. The molecule has 0 saturated heterocycles. The zero-order chi connectivity index (χ0) is 26.0. The summed E-state index contributed by atoms with van der Waals surface area (Å²) in [5.41, 5.74) is 3.90. The van der Waals surface area contributed by atoms with Crippen LogP contribution in [0.2, 0.25) is 0 Å². The number of aryl methyl sites for hydroxylation is 1. The number of benzene rings is 2. The van der Waals surface area contributed by atoms with Crippen LogP contribution in [-0.2, 0) is 30.2 Å². The molecule has 1 atom stereocenters. The normalized spacial score (nSPS) is 15.5. The summed E-state index contributed by atoms with van der Waals surface area (Å²) >= 11 is 0. The van der Waals surface area contributed by atoms with E-state index in [1.54, 1.807) is 0 Å². The Morgan fingerprint density at radius 2 is 1.89 bits per heavy atom. The van der Waals surface area contributed by atoms with Gasteiger partial charge in [-0.1, -0.05) is 18.2 Å². The third-order valence-electron chi connectivity index (χ3n) is 6.93. The highest BCUT2D eigenvalue weighted by molar-refractivity contribution is 5.70. The van der Waals surface area contributed by atoms with E-state index in [4.69, 9.17) is 9.72 Å². The van der Waals surface area contributed by atoms with E-state index in [0.29, 0.717) is 31.6 Å². The lowest BCUT2D eigenvalue weighted by molar-refractivity contribution is -0.138. The lowest BCUT2D eigenvalue weighted by atomic mass is 10.00. The summed E-state index contributed by atoms with van der Waals surface area (Å²) < 4.78 is 45.0. The Kier molecular flexibility index (Phi) is 6.95. The lowest BCUT2D eigenvalue weighted by Gasteiger charge is -2.30. The van der Waals surface area contributed by atoms with Crippen molar-refractivity contribution in [3.63, 3.8) is 0 Å². The summed E-state index contributed by atoms with van der Waals surface area (Å²) in [6.07, 6.45) is -1.12. The van der Waals surface area contributed by atoms with E-state index < -0.39 is 23.8 Å². The smallest absolute Gasteiger partial charge is 0.416 e. The Labute approximate surface area is 213 Å². The molecule has 194 valence electrons. The number of carboxylic acid groups (broad SMARTS) is 1. The Morgan fingerprint density at radius 1 is 1.08 bits per heavy atom. The maximum absolute atomic E-state index is 13.0. The van der Waals surface area contributed by atoms with Crippen molar-refractivity contribution in [2.24, 2.45) is 0 Å². The van der Waals surface area contributed by atoms with E-state index in [9.17, 15) is 23.1 Å². The van der Waals surface area contributed by atoms with E-state index >= 15 is 0 Å². The van der Waals surface area contributed by atoms with Gasteiger partial charge in [-0.25, -0.2) is 4.98 Å². The molecule has 0 fully saturated rings. The summed E-state index contributed by atoms with van der Waals surface area (Å²) in [7, 11) is 0. The molecule has 6 nitrogen and oxygen atoms in total. The van der Waals surface area contributed by atoms with Crippen LogP contribution in [0.25, 0.3) is 0 Å². The fourth-order valence-corrected chi connectivity index (χ4v) is 5.07. The Bertz CT molecular complexity index is 1280. The zero-order valence-electron chi connectivity index (χ0n) is 20.2. The maximum Gasteiger partial charge on any atom is 0.416 e. The van der Waals surface area contributed by atoms with E-state index in [0.717, 1.165) is 60.0 Å². The second kappa shape index (κ2) is 10.3. The molecule has 2 aliphatic rings. The first-order chi connectivity index (χ1) is 17.8. The van der Waals surface area contributed by atoms with Crippen LogP contribution in [-0.4, -0.2) is 35.8 Å². The van der Waals surface area contributed by atoms with E-state index in [1.165, 1.54) is 17.7 Å².